The lowest BCUT2D eigenvalue weighted by molar-refractivity contribution is -0.119. The van der Waals surface area contributed by atoms with Crippen LogP contribution in [0.15, 0.2) is 77.9 Å². The van der Waals surface area contributed by atoms with Gasteiger partial charge in [0.25, 0.3) is 5.91 Å². The highest BCUT2D eigenvalue weighted by molar-refractivity contribution is 5.94. The van der Waals surface area contributed by atoms with Gasteiger partial charge in [-0.3, -0.25) is 4.79 Å². The number of ether oxygens (including phenoxy) is 1. The third-order valence-electron chi connectivity index (χ3n) is 3.44. The minimum atomic E-state index is -0.233. The highest BCUT2D eigenvalue weighted by atomic mass is 16.5. The second kappa shape index (κ2) is 10.5. The molecule has 0 bridgehead atoms. The average molecular weight is 349 g/mol. The van der Waals surface area contributed by atoms with E-state index in [1.54, 1.807) is 7.11 Å². The van der Waals surface area contributed by atoms with Crippen LogP contribution in [0, 0.1) is 0 Å². The highest BCUT2D eigenvalue weighted by Crippen LogP contribution is 2.22. The fourth-order valence-corrected chi connectivity index (χ4v) is 2.12. The first kappa shape index (κ1) is 19.0. The zero-order valence-electron chi connectivity index (χ0n) is 15.0. The molecule has 0 saturated carbocycles. The molecule has 0 heterocycles. The van der Waals surface area contributed by atoms with Crippen LogP contribution in [0.4, 0.5) is 5.69 Å². The zero-order valence-corrected chi connectivity index (χ0v) is 15.0. The Hall–Kier alpha value is -3.34. The number of nitrogens with zero attached hydrogens (tertiary/aromatic N) is 1. The Balaban J connectivity index is 1.77. The van der Waals surface area contributed by atoms with Gasteiger partial charge in [0, 0.05) is 0 Å². The molecule has 5 nitrogen and oxygen atoms in total. The van der Waals surface area contributed by atoms with Gasteiger partial charge in [0.1, 0.15) is 5.75 Å². The van der Waals surface area contributed by atoms with E-state index in [0.717, 1.165) is 11.3 Å². The summed E-state index contributed by atoms with van der Waals surface area (Å²) in [4.78, 5) is 11.9. The third kappa shape index (κ3) is 6.65. The number of methoxy groups -OCH3 is 1. The van der Waals surface area contributed by atoms with E-state index in [1.165, 1.54) is 0 Å². The molecule has 0 fully saturated rings. The van der Waals surface area contributed by atoms with Gasteiger partial charge in [-0.1, -0.05) is 60.7 Å². The number of hydrazone groups is 1. The molecule has 0 aliphatic heterocycles. The van der Waals surface area contributed by atoms with Gasteiger partial charge < -0.3 is 10.1 Å². The molecule has 0 saturated heterocycles. The van der Waals surface area contributed by atoms with E-state index in [0.29, 0.717) is 11.5 Å². The van der Waals surface area contributed by atoms with Gasteiger partial charge in [0.05, 0.1) is 25.1 Å². The molecular weight excluding hydrogens is 326 g/mol. The molecule has 0 aliphatic rings. The first-order valence-corrected chi connectivity index (χ1v) is 8.29. The Morgan fingerprint density at radius 2 is 1.81 bits per heavy atom. The number of hydrogen-bond acceptors (Lipinski definition) is 4. The summed E-state index contributed by atoms with van der Waals surface area (Å²) in [7, 11) is 1.59. The van der Waals surface area contributed by atoms with Crippen molar-refractivity contribution in [1.29, 1.82) is 0 Å². The highest BCUT2D eigenvalue weighted by Gasteiger charge is 2.03. The lowest BCUT2D eigenvalue weighted by Crippen LogP contribution is -2.26. The second-order valence-electron chi connectivity index (χ2n) is 5.47. The van der Waals surface area contributed by atoms with Gasteiger partial charge in [0.15, 0.2) is 0 Å². The van der Waals surface area contributed by atoms with Crippen molar-refractivity contribution in [3.8, 4) is 5.75 Å². The number of rotatable bonds is 8. The molecule has 0 aliphatic carbocycles. The molecule has 0 atom stereocenters. The predicted molar refractivity (Wildman–Crippen MR) is 107 cm³/mol. The number of amides is 1. The summed E-state index contributed by atoms with van der Waals surface area (Å²) < 4.78 is 5.23. The molecule has 2 rings (SSSR count). The first-order valence-electron chi connectivity index (χ1n) is 8.29. The Morgan fingerprint density at radius 1 is 1.08 bits per heavy atom. The Bertz CT molecular complexity index is 796. The molecule has 0 aromatic heterocycles. The van der Waals surface area contributed by atoms with E-state index in [9.17, 15) is 4.79 Å². The molecule has 134 valence electrons. The van der Waals surface area contributed by atoms with Crippen molar-refractivity contribution in [1.82, 2.24) is 5.43 Å². The predicted octanol–water partition coefficient (Wildman–Crippen LogP) is 3.87. The Labute approximate surface area is 154 Å². The molecule has 0 radical (unpaired) electrons. The van der Waals surface area contributed by atoms with Crippen LogP contribution in [-0.4, -0.2) is 25.3 Å². The van der Waals surface area contributed by atoms with Crippen molar-refractivity contribution in [3.05, 3.63) is 78.4 Å². The van der Waals surface area contributed by atoms with Crippen LogP contribution in [0.5, 0.6) is 5.75 Å². The third-order valence-corrected chi connectivity index (χ3v) is 3.44. The molecule has 0 unspecified atom stereocenters. The van der Waals surface area contributed by atoms with Crippen molar-refractivity contribution in [3.63, 3.8) is 0 Å². The van der Waals surface area contributed by atoms with Crippen LogP contribution < -0.4 is 15.5 Å². The lowest BCUT2D eigenvalue weighted by atomic mass is 10.2. The number of allylic oxidation sites excluding steroid dienone is 3. The van der Waals surface area contributed by atoms with Crippen LogP contribution in [0.2, 0.25) is 0 Å². The number of hydrogen-bond donors (Lipinski definition) is 2. The lowest BCUT2D eigenvalue weighted by Gasteiger charge is -2.09. The summed E-state index contributed by atoms with van der Waals surface area (Å²) in [5, 5.41) is 7.07. The van der Waals surface area contributed by atoms with Gasteiger partial charge in [-0.25, -0.2) is 5.43 Å². The summed E-state index contributed by atoms with van der Waals surface area (Å²) in [5.41, 5.74) is 5.11. The smallest absolute Gasteiger partial charge is 0.259 e. The van der Waals surface area contributed by atoms with Crippen molar-refractivity contribution >= 4 is 23.4 Å². The van der Waals surface area contributed by atoms with E-state index in [2.05, 4.69) is 15.8 Å². The van der Waals surface area contributed by atoms with Crippen molar-refractivity contribution in [2.75, 3.05) is 19.0 Å². The summed E-state index contributed by atoms with van der Waals surface area (Å²) in [6.45, 7) is 1.93. The zero-order chi connectivity index (χ0) is 18.6. The fraction of sp³-hybridized carbons (Fsp3) is 0.143. The van der Waals surface area contributed by atoms with E-state index in [1.807, 2.05) is 85.8 Å². The van der Waals surface area contributed by atoms with Crippen LogP contribution >= 0.6 is 0 Å². The van der Waals surface area contributed by atoms with Crippen LogP contribution in [0.1, 0.15) is 12.5 Å². The maximum Gasteiger partial charge on any atom is 0.259 e. The molecule has 5 heteroatoms. The number of carbonyl (C=O) groups is 1. The van der Waals surface area contributed by atoms with Gasteiger partial charge in [-0.05, 0) is 30.7 Å². The minimum Gasteiger partial charge on any atom is -0.495 e. The first-order chi connectivity index (χ1) is 12.7. The number of benzene rings is 2. The number of carbonyl (C=O) groups excluding carboxylic acids is 1. The Morgan fingerprint density at radius 3 is 2.58 bits per heavy atom. The summed E-state index contributed by atoms with van der Waals surface area (Å²) >= 11 is 0. The molecule has 2 N–H and O–H groups in total. The quantitative estimate of drug-likeness (QED) is 0.432. The number of para-hydroxylation sites is 2. The van der Waals surface area contributed by atoms with E-state index in [4.69, 9.17) is 4.74 Å². The van der Waals surface area contributed by atoms with Gasteiger partial charge in [0.2, 0.25) is 0 Å². The van der Waals surface area contributed by atoms with E-state index >= 15 is 0 Å². The van der Waals surface area contributed by atoms with Gasteiger partial charge in [-0.15, -0.1) is 0 Å². The van der Waals surface area contributed by atoms with Gasteiger partial charge in [-0.2, -0.15) is 5.10 Å². The van der Waals surface area contributed by atoms with Gasteiger partial charge >= 0.3 is 0 Å². The normalized spacial score (nSPS) is 11.7. The van der Waals surface area contributed by atoms with E-state index in [-0.39, 0.29) is 12.5 Å². The molecule has 0 spiro atoms. The maximum atomic E-state index is 11.9. The largest absolute Gasteiger partial charge is 0.495 e. The Kier molecular flexibility index (Phi) is 7.68. The van der Waals surface area contributed by atoms with Crippen molar-refractivity contribution in [2.24, 2.45) is 5.10 Å². The minimum absolute atomic E-state index is 0.106. The summed E-state index contributed by atoms with van der Waals surface area (Å²) in [6.07, 6.45) is 7.64. The number of anilines is 1. The molecule has 2 aromatic carbocycles. The topological polar surface area (TPSA) is 62.7 Å². The van der Waals surface area contributed by atoms with Crippen molar-refractivity contribution < 1.29 is 9.53 Å². The number of nitrogens with one attached hydrogen (secondary N) is 2. The molecule has 26 heavy (non-hydrogen) atoms. The molecular formula is C21H23N3O2. The maximum absolute atomic E-state index is 11.9. The average Bonchev–Trinajstić information content (AvgIpc) is 2.69. The molecule has 2 aromatic rings. The SMILES string of the molecule is COc1ccccc1NCC(=O)N/N=C(C)/C=C/C=C/c1ccccc1. The van der Waals surface area contributed by atoms with E-state index < -0.39 is 0 Å². The fourth-order valence-electron chi connectivity index (χ4n) is 2.12. The summed E-state index contributed by atoms with van der Waals surface area (Å²) in [6, 6.07) is 17.4. The molecule has 1 amide bonds. The van der Waals surface area contributed by atoms with Crippen LogP contribution in [-0.2, 0) is 4.79 Å². The van der Waals surface area contributed by atoms with Crippen molar-refractivity contribution in [2.45, 2.75) is 6.92 Å². The summed E-state index contributed by atoms with van der Waals surface area (Å²) in [5.74, 6) is 0.455. The van der Waals surface area contributed by atoms with Crippen LogP contribution in [0.25, 0.3) is 6.08 Å². The second-order valence-corrected chi connectivity index (χ2v) is 5.47. The standard InChI is InChI=1S/C21H23N3O2/c1-17(10-6-7-13-18-11-4-3-5-12-18)23-24-21(25)16-22-19-14-8-9-15-20(19)26-2/h3-15,22H,16H2,1-2H3,(H,24,25)/b10-6+,13-7+,23-17+. The monoisotopic (exact) mass is 349 g/mol. The van der Waals surface area contributed by atoms with Crippen LogP contribution in [0.3, 0.4) is 0 Å².